The highest BCUT2D eigenvalue weighted by Gasteiger charge is 2.22. The SMILES string of the molecule is CC(C)Cc1cc(CN2CCCn3nc(C(O)c4ccnn4C)cc3C2)[nH]n1. The molecule has 1 atom stereocenters. The van der Waals surface area contributed by atoms with E-state index in [4.69, 9.17) is 0 Å². The lowest BCUT2D eigenvalue weighted by molar-refractivity contribution is 0.203. The molecule has 1 unspecified atom stereocenters. The molecule has 0 radical (unpaired) electrons. The fraction of sp³-hybridized carbons (Fsp3) is 0.550. The smallest absolute Gasteiger partial charge is 0.139 e. The number of aliphatic hydroxyl groups is 1. The number of rotatable bonds is 6. The Morgan fingerprint density at radius 2 is 2.11 bits per heavy atom. The summed E-state index contributed by atoms with van der Waals surface area (Å²) in [5, 5.41) is 27.1. The van der Waals surface area contributed by atoms with Gasteiger partial charge in [-0.25, -0.2) is 0 Å². The van der Waals surface area contributed by atoms with Crippen LogP contribution in [0.4, 0.5) is 0 Å². The van der Waals surface area contributed by atoms with Crippen LogP contribution in [0, 0.1) is 5.92 Å². The van der Waals surface area contributed by atoms with Crippen molar-refractivity contribution >= 4 is 0 Å². The van der Waals surface area contributed by atoms with Crippen molar-refractivity contribution in [2.24, 2.45) is 13.0 Å². The van der Waals surface area contributed by atoms with Gasteiger partial charge in [0.05, 0.1) is 22.8 Å². The number of fused-ring (bicyclic) bond motifs is 1. The highest BCUT2D eigenvalue weighted by atomic mass is 16.3. The first-order valence-corrected chi connectivity index (χ1v) is 9.97. The van der Waals surface area contributed by atoms with Crippen LogP contribution in [-0.2, 0) is 33.1 Å². The number of H-pyrrole nitrogens is 1. The lowest BCUT2D eigenvalue weighted by atomic mass is 10.1. The van der Waals surface area contributed by atoms with Gasteiger partial charge in [-0.3, -0.25) is 19.4 Å². The van der Waals surface area contributed by atoms with E-state index in [-0.39, 0.29) is 0 Å². The first kappa shape index (κ1) is 18.9. The topological polar surface area (TPSA) is 87.8 Å². The van der Waals surface area contributed by atoms with E-state index in [9.17, 15) is 5.11 Å². The van der Waals surface area contributed by atoms with E-state index in [1.165, 1.54) is 0 Å². The summed E-state index contributed by atoms with van der Waals surface area (Å²) >= 11 is 0. The van der Waals surface area contributed by atoms with Gasteiger partial charge in [-0.1, -0.05) is 13.8 Å². The van der Waals surface area contributed by atoms with Gasteiger partial charge in [-0.2, -0.15) is 15.3 Å². The van der Waals surface area contributed by atoms with Gasteiger partial charge >= 0.3 is 0 Å². The normalized spacial score (nSPS) is 16.3. The number of nitrogens with one attached hydrogen (secondary N) is 1. The van der Waals surface area contributed by atoms with Gasteiger partial charge in [0.25, 0.3) is 0 Å². The third kappa shape index (κ3) is 4.02. The van der Waals surface area contributed by atoms with Crippen molar-refractivity contribution in [3.8, 4) is 0 Å². The summed E-state index contributed by atoms with van der Waals surface area (Å²) in [5.74, 6) is 0.605. The van der Waals surface area contributed by atoms with Crippen molar-refractivity contribution in [3.63, 3.8) is 0 Å². The molecule has 0 saturated carbocycles. The van der Waals surface area contributed by atoms with Gasteiger partial charge in [0.1, 0.15) is 6.10 Å². The molecule has 0 saturated heterocycles. The Morgan fingerprint density at radius 3 is 2.86 bits per heavy atom. The van der Waals surface area contributed by atoms with E-state index in [0.717, 1.165) is 61.8 Å². The van der Waals surface area contributed by atoms with Gasteiger partial charge in [0.2, 0.25) is 0 Å². The molecule has 0 spiro atoms. The predicted octanol–water partition coefficient (Wildman–Crippen LogP) is 2.03. The first-order chi connectivity index (χ1) is 13.5. The van der Waals surface area contributed by atoms with Crippen LogP contribution in [-0.4, -0.2) is 46.3 Å². The molecule has 8 heteroatoms. The van der Waals surface area contributed by atoms with E-state index in [2.05, 4.69) is 45.2 Å². The molecule has 4 heterocycles. The lowest BCUT2D eigenvalue weighted by Gasteiger charge is -2.18. The van der Waals surface area contributed by atoms with Crippen molar-refractivity contribution in [2.75, 3.05) is 6.54 Å². The molecule has 1 aliphatic heterocycles. The largest absolute Gasteiger partial charge is 0.380 e. The number of hydrogen-bond donors (Lipinski definition) is 2. The van der Waals surface area contributed by atoms with E-state index in [0.29, 0.717) is 11.6 Å². The molecule has 1 aliphatic rings. The molecular weight excluding hydrogens is 354 g/mol. The highest BCUT2D eigenvalue weighted by Crippen LogP contribution is 2.23. The van der Waals surface area contributed by atoms with E-state index in [1.807, 2.05) is 23.9 Å². The fourth-order valence-electron chi connectivity index (χ4n) is 3.88. The molecular formula is C20H29N7O. The molecule has 0 amide bonds. The Hall–Kier alpha value is -2.45. The van der Waals surface area contributed by atoms with Crippen LogP contribution in [0.5, 0.6) is 0 Å². The summed E-state index contributed by atoms with van der Waals surface area (Å²) in [7, 11) is 1.83. The summed E-state index contributed by atoms with van der Waals surface area (Å²) in [6.45, 7) is 7.95. The molecule has 0 aliphatic carbocycles. The molecule has 2 N–H and O–H groups in total. The minimum atomic E-state index is -0.758. The molecule has 0 fully saturated rings. The van der Waals surface area contributed by atoms with Crippen LogP contribution in [0.15, 0.2) is 24.4 Å². The molecule has 0 bridgehead atoms. The van der Waals surface area contributed by atoms with Crippen LogP contribution >= 0.6 is 0 Å². The van der Waals surface area contributed by atoms with Crippen LogP contribution in [0.3, 0.4) is 0 Å². The van der Waals surface area contributed by atoms with Crippen molar-refractivity contribution in [1.29, 1.82) is 0 Å². The quantitative estimate of drug-likeness (QED) is 0.680. The number of aryl methyl sites for hydroxylation is 2. The summed E-state index contributed by atoms with van der Waals surface area (Å²) in [4.78, 5) is 2.41. The Kier molecular flexibility index (Phi) is 5.32. The Labute approximate surface area is 165 Å². The number of aromatic nitrogens is 6. The van der Waals surface area contributed by atoms with Crippen molar-refractivity contribution in [1.82, 2.24) is 34.7 Å². The van der Waals surface area contributed by atoms with Gasteiger partial charge in [-0.15, -0.1) is 0 Å². The molecule has 8 nitrogen and oxygen atoms in total. The molecule has 150 valence electrons. The Balaban J connectivity index is 1.47. The minimum absolute atomic E-state index is 0.605. The van der Waals surface area contributed by atoms with Crippen molar-refractivity contribution < 1.29 is 5.11 Å². The minimum Gasteiger partial charge on any atom is -0.380 e. The third-order valence-corrected chi connectivity index (χ3v) is 5.23. The van der Waals surface area contributed by atoms with E-state index < -0.39 is 6.10 Å². The van der Waals surface area contributed by atoms with Gasteiger partial charge < -0.3 is 5.11 Å². The molecule has 28 heavy (non-hydrogen) atoms. The van der Waals surface area contributed by atoms with E-state index in [1.54, 1.807) is 10.9 Å². The monoisotopic (exact) mass is 383 g/mol. The Bertz CT molecular complexity index is 923. The first-order valence-electron chi connectivity index (χ1n) is 9.97. The summed E-state index contributed by atoms with van der Waals surface area (Å²) in [6, 6.07) is 6.03. The summed E-state index contributed by atoms with van der Waals surface area (Å²) in [5.41, 5.74) is 4.85. The number of aliphatic hydroxyl groups excluding tert-OH is 1. The zero-order valence-corrected chi connectivity index (χ0v) is 16.8. The van der Waals surface area contributed by atoms with Gasteiger partial charge in [0.15, 0.2) is 0 Å². The van der Waals surface area contributed by atoms with Crippen LogP contribution < -0.4 is 0 Å². The van der Waals surface area contributed by atoms with Crippen molar-refractivity contribution in [3.05, 3.63) is 52.9 Å². The maximum atomic E-state index is 10.7. The molecule has 3 aromatic rings. The zero-order valence-electron chi connectivity index (χ0n) is 16.8. The second kappa shape index (κ2) is 7.89. The second-order valence-electron chi connectivity index (χ2n) is 8.11. The van der Waals surface area contributed by atoms with Crippen LogP contribution in [0.1, 0.15) is 54.8 Å². The molecule has 3 aromatic heterocycles. The standard InChI is InChI=1S/C20H29N7O/c1-14(2)9-15-10-16(23-22-15)12-26-7-4-8-27-17(13-26)11-18(24-27)20(28)19-5-6-21-25(19)3/h5-6,10-11,14,20,28H,4,7-9,12-13H2,1-3H3,(H,22,23). The highest BCUT2D eigenvalue weighted by molar-refractivity contribution is 5.22. The summed E-state index contributed by atoms with van der Waals surface area (Å²) in [6.07, 6.45) is 2.97. The van der Waals surface area contributed by atoms with Crippen LogP contribution in [0.2, 0.25) is 0 Å². The maximum Gasteiger partial charge on any atom is 0.139 e. The van der Waals surface area contributed by atoms with E-state index >= 15 is 0 Å². The summed E-state index contributed by atoms with van der Waals surface area (Å²) < 4.78 is 3.72. The second-order valence-corrected chi connectivity index (χ2v) is 8.11. The number of nitrogens with zero attached hydrogens (tertiary/aromatic N) is 6. The number of hydrogen-bond acceptors (Lipinski definition) is 5. The number of aromatic amines is 1. The third-order valence-electron chi connectivity index (χ3n) is 5.23. The molecule has 4 rings (SSSR count). The average molecular weight is 384 g/mol. The maximum absolute atomic E-state index is 10.7. The van der Waals surface area contributed by atoms with Crippen molar-refractivity contribution in [2.45, 2.75) is 52.4 Å². The molecule has 0 aromatic carbocycles. The predicted molar refractivity (Wildman–Crippen MR) is 105 cm³/mol. The average Bonchev–Trinajstić information content (AvgIpc) is 3.33. The van der Waals surface area contributed by atoms with Gasteiger partial charge in [-0.05, 0) is 37.0 Å². The zero-order chi connectivity index (χ0) is 19.7. The lowest BCUT2D eigenvalue weighted by Crippen LogP contribution is -2.23. The fourth-order valence-corrected chi connectivity index (χ4v) is 3.88. The van der Waals surface area contributed by atoms with Crippen LogP contribution in [0.25, 0.3) is 0 Å². The Morgan fingerprint density at radius 1 is 1.25 bits per heavy atom. The van der Waals surface area contributed by atoms with Gasteiger partial charge in [0, 0.05) is 45.1 Å².